The Labute approximate surface area is 101 Å². The van der Waals surface area contributed by atoms with Crippen LogP contribution in [0, 0.1) is 0 Å². The van der Waals surface area contributed by atoms with Crippen LogP contribution < -0.4 is 11.1 Å². The van der Waals surface area contributed by atoms with Crippen molar-refractivity contribution >= 4 is 23.2 Å². The molecule has 1 aliphatic rings. The Morgan fingerprint density at radius 1 is 1.69 bits per heavy atom. The minimum Gasteiger partial charge on any atom is -0.392 e. The second-order valence-electron chi connectivity index (χ2n) is 4.20. The number of carbonyl (C=O) groups excluding carboxylic acids is 1. The topological polar surface area (TPSA) is 67.6 Å². The largest absolute Gasteiger partial charge is 0.392 e. The van der Waals surface area contributed by atoms with Crippen molar-refractivity contribution in [1.29, 1.82) is 0 Å². The lowest BCUT2D eigenvalue weighted by Gasteiger charge is -2.27. The van der Waals surface area contributed by atoms with Gasteiger partial charge in [0.15, 0.2) is 0 Å². The average Bonchev–Trinajstić information content (AvgIpc) is 2.65. The van der Waals surface area contributed by atoms with Crippen molar-refractivity contribution in [2.24, 2.45) is 5.73 Å². The molecule has 2 amide bonds. The third-order valence-electron chi connectivity index (χ3n) is 2.47. The zero-order chi connectivity index (χ0) is 12.1. The Hall–Kier alpha value is -0.880. The molecule has 0 aliphatic carbocycles. The summed E-state index contributed by atoms with van der Waals surface area (Å²) in [6.07, 6.45) is 0.866. The third-order valence-corrected chi connectivity index (χ3v) is 2.60. The molecule has 5 nitrogen and oxygen atoms in total. The van der Waals surface area contributed by atoms with Gasteiger partial charge < -0.3 is 20.7 Å². The first-order valence-electron chi connectivity index (χ1n) is 5.44. The molecule has 0 bridgehead atoms. The first kappa shape index (κ1) is 13.2. The summed E-state index contributed by atoms with van der Waals surface area (Å²) in [6, 6.07) is 0.0576. The number of urea groups is 1. The van der Waals surface area contributed by atoms with Gasteiger partial charge in [-0.05, 0) is 20.3 Å². The molecular weight excluding hydrogens is 226 g/mol. The van der Waals surface area contributed by atoms with E-state index in [0.717, 1.165) is 6.42 Å². The van der Waals surface area contributed by atoms with Crippen molar-refractivity contribution in [2.45, 2.75) is 32.4 Å². The Kier molecular flexibility index (Phi) is 4.95. The minimum absolute atomic E-state index is 0.0730. The number of thiocarbonyl (C=S) groups is 1. The summed E-state index contributed by atoms with van der Waals surface area (Å²) in [4.78, 5) is 13.9. The van der Waals surface area contributed by atoms with E-state index in [2.05, 4.69) is 5.32 Å². The van der Waals surface area contributed by atoms with E-state index < -0.39 is 0 Å². The number of nitrogens with one attached hydrogen (secondary N) is 1. The molecule has 0 aromatic heterocycles. The van der Waals surface area contributed by atoms with Crippen LogP contribution in [0.2, 0.25) is 0 Å². The van der Waals surface area contributed by atoms with Gasteiger partial charge >= 0.3 is 6.03 Å². The van der Waals surface area contributed by atoms with Crippen molar-refractivity contribution in [3.05, 3.63) is 0 Å². The molecule has 0 radical (unpaired) electrons. The Morgan fingerprint density at radius 3 is 2.81 bits per heavy atom. The number of rotatable bonds is 4. The maximum atomic E-state index is 11.9. The maximum Gasteiger partial charge on any atom is 0.318 e. The van der Waals surface area contributed by atoms with Gasteiger partial charge in [0, 0.05) is 12.6 Å². The van der Waals surface area contributed by atoms with Crippen LogP contribution in [0.25, 0.3) is 0 Å². The van der Waals surface area contributed by atoms with Crippen molar-refractivity contribution in [3.63, 3.8) is 0 Å². The van der Waals surface area contributed by atoms with Gasteiger partial charge in [0.05, 0.1) is 24.2 Å². The molecule has 1 aliphatic heterocycles. The normalized spacial score (nSPS) is 19.8. The van der Waals surface area contributed by atoms with Crippen molar-refractivity contribution in [2.75, 3.05) is 19.8 Å². The SMILES string of the molecule is CC(C)N(CC(N)=S)C(=O)NC1CCOC1. The van der Waals surface area contributed by atoms with E-state index in [1.165, 1.54) is 0 Å². The van der Waals surface area contributed by atoms with E-state index >= 15 is 0 Å². The summed E-state index contributed by atoms with van der Waals surface area (Å²) in [6.45, 7) is 5.48. The van der Waals surface area contributed by atoms with Crippen LogP contribution in [-0.4, -0.2) is 47.8 Å². The molecule has 1 atom stereocenters. The van der Waals surface area contributed by atoms with Gasteiger partial charge in [-0.25, -0.2) is 4.79 Å². The molecule has 1 heterocycles. The monoisotopic (exact) mass is 245 g/mol. The molecule has 0 aromatic rings. The number of ether oxygens (including phenoxy) is 1. The number of nitrogens with zero attached hydrogens (tertiary/aromatic N) is 1. The summed E-state index contributed by atoms with van der Waals surface area (Å²) >= 11 is 4.82. The highest BCUT2D eigenvalue weighted by Crippen LogP contribution is 2.05. The van der Waals surface area contributed by atoms with Gasteiger partial charge in [-0.15, -0.1) is 0 Å². The van der Waals surface area contributed by atoms with Crippen LogP contribution in [0.15, 0.2) is 0 Å². The van der Waals surface area contributed by atoms with Crippen molar-refractivity contribution in [1.82, 2.24) is 10.2 Å². The summed E-state index contributed by atoms with van der Waals surface area (Å²) in [5, 5.41) is 2.91. The van der Waals surface area contributed by atoms with E-state index in [9.17, 15) is 4.79 Å². The molecule has 16 heavy (non-hydrogen) atoms. The van der Waals surface area contributed by atoms with E-state index in [1.54, 1.807) is 4.90 Å². The van der Waals surface area contributed by atoms with Crippen LogP contribution in [0.1, 0.15) is 20.3 Å². The smallest absolute Gasteiger partial charge is 0.318 e. The highest BCUT2D eigenvalue weighted by Gasteiger charge is 2.23. The van der Waals surface area contributed by atoms with Crippen molar-refractivity contribution < 1.29 is 9.53 Å². The molecule has 1 fully saturated rings. The van der Waals surface area contributed by atoms with Crippen LogP contribution in [0.3, 0.4) is 0 Å². The molecule has 92 valence electrons. The first-order chi connectivity index (χ1) is 7.50. The van der Waals surface area contributed by atoms with Crippen LogP contribution in [0.4, 0.5) is 4.79 Å². The van der Waals surface area contributed by atoms with E-state index in [0.29, 0.717) is 24.7 Å². The molecule has 0 aromatic carbocycles. The zero-order valence-corrected chi connectivity index (χ0v) is 10.5. The number of amides is 2. The molecule has 3 N–H and O–H groups in total. The lowest BCUT2D eigenvalue weighted by atomic mass is 10.2. The first-order valence-corrected chi connectivity index (χ1v) is 5.84. The second-order valence-corrected chi connectivity index (χ2v) is 4.72. The quantitative estimate of drug-likeness (QED) is 0.707. The molecule has 1 saturated heterocycles. The van der Waals surface area contributed by atoms with Gasteiger partial charge in [-0.3, -0.25) is 0 Å². The van der Waals surface area contributed by atoms with E-state index in [1.807, 2.05) is 13.8 Å². The number of nitrogens with two attached hydrogens (primary N) is 1. The maximum absolute atomic E-state index is 11.9. The third kappa shape index (κ3) is 3.94. The fourth-order valence-corrected chi connectivity index (χ4v) is 1.70. The highest BCUT2D eigenvalue weighted by molar-refractivity contribution is 7.80. The van der Waals surface area contributed by atoms with Gasteiger partial charge in [-0.2, -0.15) is 0 Å². The minimum atomic E-state index is -0.127. The Bertz CT molecular complexity index is 265. The highest BCUT2D eigenvalue weighted by atomic mass is 32.1. The summed E-state index contributed by atoms with van der Waals surface area (Å²) in [7, 11) is 0. The summed E-state index contributed by atoms with van der Waals surface area (Å²) < 4.78 is 5.20. The van der Waals surface area contributed by atoms with Gasteiger partial charge in [0.1, 0.15) is 0 Å². The van der Waals surface area contributed by atoms with Gasteiger partial charge in [-0.1, -0.05) is 12.2 Å². The fraction of sp³-hybridized carbons (Fsp3) is 0.800. The van der Waals surface area contributed by atoms with E-state index in [-0.39, 0.29) is 18.1 Å². The molecule has 0 spiro atoms. The number of carbonyl (C=O) groups is 1. The molecule has 0 saturated carbocycles. The number of hydrogen-bond acceptors (Lipinski definition) is 3. The standard InChI is InChI=1S/C10H19N3O2S/c1-7(2)13(5-9(11)16)10(14)12-8-3-4-15-6-8/h7-8H,3-6H2,1-2H3,(H2,11,16)(H,12,14). The van der Waals surface area contributed by atoms with Gasteiger partial charge in [0.2, 0.25) is 0 Å². The van der Waals surface area contributed by atoms with Crippen LogP contribution in [0.5, 0.6) is 0 Å². The molecular formula is C10H19N3O2S. The molecule has 6 heteroatoms. The summed E-state index contributed by atoms with van der Waals surface area (Å²) in [5.74, 6) is 0. The lowest BCUT2D eigenvalue weighted by molar-refractivity contribution is 0.175. The fourth-order valence-electron chi connectivity index (χ4n) is 1.56. The Morgan fingerprint density at radius 2 is 2.38 bits per heavy atom. The van der Waals surface area contributed by atoms with Crippen molar-refractivity contribution in [3.8, 4) is 0 Å². The predicted molar refractivity (Wildman–Crippen MR) is 66.4 cm³/mol. The van der Waals surface area contributed by atoms with Crippen LogP contribution >= 0.6 is 12.2 Å². The molecule has 1 unspecified atom stereocenters. The summed E-state index contributed by atoms with van der Waals surface area (Å²) in [5.41, 5.74) is 5.46. The molecule has 1 rings (SSSR count). The number of hydrogen-bond donors (Lipinski definition) is 2. The van der Waals surface area contributed by atoms with Gasteiger partial charge in [0.25, 0.3) is 0 Å². The zero-order valence-electron chi connectivity index (χ0n) is 9.73. The predicted octanol–water partition coefficient (Wildman–Crippen LogP) is 0.481. The van der Waals surface area contributed by atoms with E-state index in [4.69, 9.17) is 22.7 Å². The average molecular weight is 245 g/mol. The van der Waals surface area contributed by atoms with Crippen LogP contribution in [-0.2, 0) is 4.74 Å². The Balaban J connectivity index is 2.49. The lowest BCUT2D eigenvalue weighted by Crippen LogP contribution is -2.50. The second kappa shape index (κ2) is 6.00.